The van der Waals surface area contributed by atoms with Crippen LogP contribution in [0.15, 0.2) is 22.9 Å². The summed E-state index contributed by atoms with van der Waals surface area (Å²) in [5.41, 5.74) is 1.10. The summed E-state index contributed by atoms with van der Waals surface area (Å²) >= 11 is 3.52. The smallest absolute Gasteiger partial charge is 0.167 e. The standard InChI is InChI=1S/C16H27BrN2OSi/c1-15(2,3)21-20-16(4,5)14-7-6-8-19(14)13-9-12(17)10-18-11-13/h9-11,14H,6-8,21H2,1-5H3/t14-/m0/s1. The maximum atomic E-state index is 6.42. The third kappa shape index (κ3) is 4.54. The highest BCUT2D eigenvalue weighted by molar-refractivity contribution is 9.10. The van der Waals surface area contributed by atoms with E-state index in [2.05, 4.69) is 66.5 Å². The van der Waals surface area contributed by atoms with E-state index in [0.29, 0.717) is 11.1 Å². The van der Waals surface area contributed by atoms with Crippen molar-refractivity contribution in [3.8, 4) is 0 Å². The van der Waals surface area contributed by atoms with Gasteiger partial charge in [0.15, 0.2) is 9.76 Å². The Hall–Kier alpha value is -0.393. The Kier molecular flexibility index (Phi) is 5.16. The van der Waals surface area contributed by atoms with Crippen LogP contribution >= 0.6 is 15.9 Å². The van der Waals surface area contributed by atoms with Crippen molar-refractivity contribution in [2.24, 2.45) is 0 Å². The van der Waals surface area contributed by atoms with Crippen LogP contribution in [-0.4, -0.2) is 32.9 Å². The lowest BCUT2D eigenvalue weighted by Gasteiger charge is -2.40. The van der Waals surface area contributed by atoms with Crippen molar-refractivity contribution in [1.82, 2.24) is 4.98 Å². The lowest BCUT2D eigenvalue weighted by molar-refractivity contribution is 0.0812. The van der Waals surface area contributed by atoms with Gasteiger partial charge < -0.3 is 9.33 Å². The zero-order valence-corrected chi connectivity index (χ0v) is 16.8. The van der Waals surface area contributed by atoms with Gasteiger partial charge in [-0.1, -0.05) is 20.8 Å². The molecular weight excluding hydrogens is 344 g/mol. The molecule has 0 unspecified atom stereocenters. The highest BCUT2D eigenvalue weighted by Gasteiger charge is 2.38. The fourth-order valence-corrected chi connectivity index (χ4v) is 4.21. The van der Waals surface area contributed by atoms with Crippen LogP contribution in [0.5, 0.6) is 0 Å². The van der Waals surface area contributed by atoms with Gasteiger partial charge in [-0.15, -0.1) is 0 Å². The van der Waals surface area contributed by atoms with E-state index in [9.17, 15) is 0 Å². The fourth-order valence-electron chi connectivity index (χ4n) is 2.86. The Morgan fingerprint density at radius 1 is 1.29 bits per heavy atom. The zero-order chi connectivity index (χ0) is 15.7. The Morgan fingerprint density at radius 2 is 2.00 bits per heavy atom. The first-order valence-electron chi connectivity index (χ1n) is 7.70. The number of anilines is 1. The summed E-state index contributed by atoms with van der Waals surface area (Å²) in [7, 11) is -0.550. The average molecular weight is 371 g/mol. The maximum absolute atomic E-state index is 6.42. The van der Waals surface area contributed by atoms with Gasteiger partial charge in [0.25, 0.3) is 0 Å². The zero-order valence-electron chi connectivity index (χ0n) is 13.8. The van der Waals surface area contributed by atoms with Crippen LogP contribution in [0.1, 0.15) is 47.5 Å². The molecule has 0 aliphatic carbocycles. The van der Waals surface area contributed by atoms with Crippen LogP contribution in [0.4, 0.5) is 5.69 Å². The van der Waals surface area contributed by atoms with Gasteiger partial charge in [-0.05, 0) is 53.7 Å². The molecule has 1 aliphatic rings. The predicted octanol–water partition coefficient (Wildman–Crippen LogP) is 3.91. The Labute approximate surface area is 139 Å². The first-order chi connectivity index (χ1) is 9.69. The number of aromatic nitrogens is 1. The minimum Gasteiger partial charge on any atom is -0.416 e. The molecule has 1 atom stereocenters. The molecule has 1 fully saturated rings. The second-order valence-corrected chi connectivity index (χ2v) is 11.3. The SMILES string of the molecule is CC(C)(C)[SiH2]OC(C)(C)[C@@H]1CCCN1c1cncc(Br)c1. The normalized spacial score (nSPS) is 20.7. The van der Waals surface area contributed by atoms with Crippen molar-refractivity contribution in [2.45, 2.75) is 64.1 Å². The van der Waals surface area contributed by atoms with E-state index in [1.54, 1.807) is 0 Å². The summed E-state index contributed by atoms with van der Waals surface area (Å²) in [6.07, 6.45) is 6.21. The molecule has 0 N–H and O–H groups in total. The topological polar surface area (TPSA) is 25.4 Å². The van der Waals surface area contributed by atoms with Crippen LogP contribution in [0, 0.1) is 0 Å². The second kappa shape index (κ2) is 6.38. The minimum absolute atomic E-state index is 0.0989. The number of hydrogen-bond donors (Lipinski definition) is 0. The molecule has 21 heavy (non-hydrogen) atoms. The molecule has 0 aromatic carbocycles. The fraction of sp³-hybridized carbons (Fsp3) is 0.688. The monoisotopic (exact) mass is 370 g/mol. The summed E-state index contributed by atoms with van der Waals surface area (Å²) in [5, 5.41) is 0.331. The van der Waals surface area contributed by atoms with Crippen molar-refractivity contribution in [1.29, 1.82) is 0 Å². The third-order valence-corrected chi connectivity index (χ3v) is 6.14. The molecule has 1 aliphatic heterocycles. The van der Waals surface area contributed by atoms with Crippen molar-refractivity contribution in [3.05, 3.63) is 22.9 Å². The Morgan fingerprint density at radius 3 is 2.62 bits per heavy atom. The molecule has 2 rings (SSSR count). The molecule has 0 spiro atoms. The molecule has 1 aromatic rings. The van der Waals surface area contributed by atoms with Gasteiger partial charge in [-0.25, -0.2) is 0 Å². The summed E-state index contributed by atoms with van der Waals surface area (Å²) in [6.45, 7) is 12.4. The van der Waals surface area contributed by atoms with E-state index in [0.717, 1.165) is 11.0 Å². The second-order valence-electron chi connectivity index (χ2n) is 7.67. The summed E-state index contributed by atoms with van der Waals surface area (Å²) in [6, 6.07) is 2.59. The molecule has 1 saturated heterocycles. The number of pyridine rings is 1. The van der Waals surface area contributed by atoms with Crippen LogP contribution in [0.3, 0.4) is 0 Å². The van der Waals surface area contributed by atoms with Gasteiger partial charge in [0.2, 0.25) is 0 Å². The number of halogens is 1. The molecule has 2 heterocycles. The molecule has 0 amide bonds. The maximum Gasteiger partial charge on any atom is 0.167 e. The first-order valence-corrected chi connectivity index (χ1v) is 9.78. The van der Waals surface area contributed by atoms with Crippen molar-refractivity contribution < 1.29 is 4.43 Å². The molecule has 5 heteroatoms. The lowest BCUT2D eigenvalue weighted by Crippen LogP contribution is -2.49. The third-order valence-electron chi connectivity index (χ3n) is 3.95. The molecule has 0 bridgehead atoms. The van der Waals surface area contributed by atoms with Gasteiger partial charge in [0, 0.05) is 17.2 Å². The molecular formula is C16H27BrN2OSi. The van der Waals surface area contributed by atoms with Crippen molar-refractivity contribution in [2.75, 3.05) is 11.4 Å². The molecule has 1 aromatic heterocycles. The first kappa shape index (κ1) is 17.0. The largest absolute Gasteiger partial charge is 0.416 e. The van der Waals surface area contributed by atoms with E-state index >= 15 is 0 Å². The van der Waals surface area contributed by atoms with Crippen LogP contribution < -0.4 is 4.90 Å². The highest BCUT2D eigenvalue weighted by atomic mass is 79.9. The Balaban J connectivity index is 2.14. The molecule has 118 valence electrons. The average Bonchev–Trinajstić information content (AvgIpc) is 2.86. The summed E-state index contributed by atoms with van der Waals surface area (Å²) < 4.78 is 7.46. The van der Waals surface area contributed by atoms with E-state index in [1.807, 2.05) is 12.4 Å². The number of nitrogens with zero attached hydrogens (tertiary/aromatic N) is 2. The van der Waals surface area contributed by atoms with Crippen molar-refractivity contribution in [3.63, 3.8) is 0 Å². The van der Waals surface area contributed by atoms with E-state index in [4.69, 9.17) is 4.43 Å². The number of rotatable bonds is 4. The van der Waals surface area contributed by atoms with Crippen LogP contribution in [-0.2, 0) is 4.43 Å². The van der Waals surface area contributed by atoms with Crippen LogP contribution in [0.25, 0.3) is 0 Å². The van der Waals surface area contributed by atoms with Gasteiger partial charge in [-0.3, -0.25) is 4.98 Å². The molecule has 3 nitrogen and oxygen atoms in total. The van der Waals surface area contributed by atoms with E-state index in [-0.39, 0.29) is 5.60 Å². The number of hydrogen-bond acceptors (Lipinski definition) is 3. The van der Waals surface area contributed by atoms with Gasteiger partial charge in [0.05, 0.1) is 23.5 Å². The van der Waals surface area contributed by atoms with Gasteiger partial charge >= 0.3 is 0 Å². The van der Waals surface area contributed by atoms with Gasteiger partial charge in [0.1, 0.15) is 0 Å². The summed E-state index contributed by atoms with van der Waals surface area (Å²) in [5.74, 6) is 0. The van der Waals surface area contributed by atoms with Crippen molar-refractivity contribution >= 4 is 31.4 Å². The highest BCUT2D eigenvalue weighted by Crippen LogP contribution is 2.35. The predicted molar refractivity (Wildman–Crippen MR) is 95.7 cm³/mol. The molecule has 0 saturated carbocycles. The Bertz CT molecular complexity index is 487. The van der Waals surface area contributed by atoms with Crippen LogP contribution in [0.2, 0.25) is 5.04 Å². The quantitative estimate of drug-likeness (QED) is 0.751. The van der Waals surface area contributed by atoms with E-state index < -0.39 is 9.76 Å². The minimum atomic E-state index is -0.550. The summed E-state index contributed by atoms with van der Waals surface area (Å²) in [4.78, 5) is 6.78. The van der Waals surface area contributed by atoms with Gasteiger partial charge in [-0.2, -0.15) is 0 Å². The van der Waals surface area contributed by atoms with E-state index in [1.165, 1.54) is 18.5 Å². The molecule has 0 radical (unpaired) electrons. The lowest BCUT2D eigenvalue weighted by atomic mass is 9.96.